The van der Waals surface area contributed by atoms with Crippen LogP contribution in [0.1, 0.15) is 114 Å². The lowest BCUT2D eigenvalue weighted by molar-refractivity contribution is -0.424. The van der Waals surface area contributed by atoms with Gasteiger partial charge in [-0.3, -0.25) is 9.35 Å². The van der Waals surface area contributed by atoms with Crippen molar-refractivity contribution < 1.29 is 141 Å². The number of Topliss-reactive ketones (excluding diaryl/α,β-unsaturated/α-hetero) is 1. The number of allylic oxidation sites excluding steroid dienone is 1. The van der Waals surface area contributed by atoms with E-state index in [-0.39, 0.29) is 62.1 Å². The molecule has 5 heterocycles. The second-order valence-corrected chi connectivity index (χ2v) is 27.9. The number of hydrogen-bond donors (Lipinski definition) is 15. The summed E-state index contributed by atoms with van der Waals surface area (Å²) in [6.45, 7) is 14.8. The molecular weight excluding hydrogens is 1170 g/mol. The van der Waals surface area contributed by atoms with Gasteiger partial charge in [0.1, 0.15) is 97.3 Å². The first-order valence-electron chi connectivity index (χ1n) is 30.0. The zero-order valence-corrected chi connectivity index (χ0v) is 50.4. The molecule has 0 aromatic rings. The van der Waals surface area contributed by atoms with E-state index in [1.807, 2.05) is 33.8 Å². The van der Waals surface area contributed by atoms with E-state index in [1.54, 1.807) is 6.92 Å². The molecule has 0 aromatic carbocycles. The lowest BCUT2D eigenvalue weighted by Gasteiger charge is -2.60. The van der Waals surface area contributed by atoms with Crippen LogP contribution in [-0.4, -0.2) is 268 Å². The van der Waals surface area contributed by atoms with Crippen LogP contribution in [0.3, 0.4) is 0 Å². The molecule has 8 fully saturated rings. The van der Waals surface area contributed by atoms with Crippen LogP contribution in [0.2, 0.25) is 0 Å². The Kier molecular flexibility index (Phi) is 20.8. The number of ketones is 1. The smallest absolute Gasteiger partial charge is 0.389 e. The molecule has 5 saturated heterocycles. The second kappa shape index (κ2) is 26.0. The third kappa shape index (κ3) is 13.2. The van der Waals surface area contributed by atoms with E-state index >= 15 is 0 Å². The number of aliphatic hydroxyl groups excluding tert-OH is 13. The predicted octanol–water partition coefficient (Wildman–Crippen LogP) is -3.36. The van der Waals surface area contributed by atoms with E-state index < -0.39 is 211 Å². The minimum atomic E-state index is -4.94. The van der Waals surface area contributed by atoms with E-state index in [4.69, 9.17) is 51.6 Å². The van der Waals surface area contributed by atoms with Gasteiger partial charge in [-0.15, -0.1) is 0 Å². The van der Waals surface area contributed by atoms with Crippen molar-refractivity contribution in [2.24, 2.45) is 40.4 Å². The summed E-state index contributed by atoms with van der Waals surface area (Å²) in [6, 6.07) is 0. The summed E-state index contributed by atoms with van der Waals surface area (Å²) in [4.78, 5) is 13.2. The maximum absolute atomic E-state index is 13.2. The first-order chi connectivity index (χ1) is 40.0. The summed E-state index contributed by atoms with van der Waals surface area (Å²) in [5, 5.41) is 159. The predicted molar refractivity (Wildman–Crippen MR) is 287 cm³/mol. The van der Waals surface area contributed by atoms with Gasteiger partial charge in [0, 0.05) is 18.3 Å². The lowest BCUT2D eigenvalue weighted by Crippen LogP contribution is -2.68. The van der Waals surface area contributed by atoms with E-state index in [9.17, 15) is 89.3 Å². The molecule has 3 unspecified atom stereocenters. The number of aliphatic hydroxyl groups is 14. The standard InChI is InChI=1S/C56H92O29S/c1-19(2)14-24(57)18-55(8,71)31-11-10-27-26-16-30(29-15-25(85-86(72,73)74)12-13-54(29,7)28(26)17-32(58)56(27,31)9)79-51-43(69)44(36(62)23(6)77-51)80-53-47(83-50-41(67)38(64)34(60)21(4)76-50)42(68)45(48(70)84-53)81-52-46(39(65)35(61)22(5)78-52)82-49-40(66)37(63)33(59)20(3)75-49/h17,19-23,25-27,29-53,58-71H,10-16,18H2,1-9H3,(H,72,73,74)/t20-,21-,22-,23-,25+,26?,27?,29?,30+,31-,32+,33+,34-,35+,36-,37+,38+,39+,40-,41-,42+,43-,44+,45+,46-,47-,48+,49+,50+,51+,52+,53-,54-,55+,56+/m1/s1. The molecule has 496 valence electrons. The van der Waals surface area contributed by atoms with Gasteiger partial charge in [0.05, 0.1) is 48.3 Å². The zero-order valence-electron chi connectivity index (χ0n) is 49.6. The maximum Gasteiger partial charge on any atom is 0.397 e. The van der Waals surface area contributed by atoms with Crippen LogP contribution in [0.5, 0.6) is 0 Å². The summed E-state index contributed by atoms with van der Waals surface area (Å²) >= 11 is 0. The topological polar surface area (TPSA) is 456 Å². The van der Waals surface area contributed by atoms with E-state index in [1.165, 1.54) is 27.7 Å². The van der Waals surface area contributed by atoms with Crippen LogP contribution >= 0.6 is 0 Å². The molecule has 4 aliphatic carbocycles. The van der Waals surface area contributed by atoms with E-state index in [0.717, 1.165) is 5.57 Å². The first-order valence-corrected chi connectivity index (χ1v) is 31.4. The molecule has 9 rings (SSSR count). The minimum absolute atomic E-state index is 0.00729. The van der Waals surface area contributed by atoms with Gasteiger partial charge >= 0.3 is 10.4 Å². The maximum atomic E-state index is 13.2. The van der Waals surface area contributed by atoms with Crippen molar-refractivity contribution >= 4 is 16.2 Å². The fourth-order valence-electron chi connectivity index (χ4n) is 15.7. The molecule has 5 aliphatic heterocycles. The summed E-state index contributed by atoms with van der Waals surface area (Å²) in [7, 11) is -4.94. The van der Waals surface area contributed by atoms with Gasteiger partial charge in [0.25, 0.3) is 0 Å². The number of rotatable bonds is 17. The fourth-order valence-corrected chi connectivity index (χ4v) is 16.3. The monoisotopic (exact) mass is 1260 g/mol. The van der Waals surface area contributed by atoms with Crippen LogP contribution < -0.4 is 0 Å². The van der Waals surface area contributed by atoms with Gasteiger partial charge in [-0.05, 0) is 108 Å². The molecule has 9 aliphatic rings. The zero-order chi connectivity index (χ0) is 63.3. The van der Waals surface area contributed by atoms with Crippen molar-refractivity contribution in [3.05, 3.63) is 11.6 Å². The van der Waals surface area contributed by atoms with Crippen LogP contribution in [0, 0.1) is 40.4 Å². The van der Waals surface area contributed by atoms with Gasteiger partial charge in [-0.2, -0.15) is 8.42 Å². The molecule has 0 spiro atoms. The average molecular weight is 1260 g/mol. The lowest BCUT2D eigenvalue weighted by atomic mass is 9.47. The summed E-state index contributed by atoms with van der Waals surface area (Å²) in [5.74, 6) is -1.86. The number of ether oxygens (including phenoxy) is 10. The van der Waals surface area contributed by atoms with Crippen molar-refractivity contribution in [1.29, 1.82) is 0 Å². The minimum Gasteiger partial charge on any atom is -0.389 e. The van der Waals surface area contributed by atoms with Crippen LogP contribution in [0.25, 0.3) is 0 Å². The van der Waals surface area contributed by atoms with Gasteiger partial charge in [-0.25, -0.2) is 4.18 Å². The van der Waals surface area contributed by atoms with Crippen molar-refractivity contribution in [3.63, 3.8) is 0 Å². The Hall–Kier alpha value is -1.68. The van der Waals surface area contributed by atoms with Crippen LogP contribution in [0.15, 0.2) is 11.6 Å². The number of carbonyl (C=O) groups is 1. The molecule has 0 radical (unpaired) electrons. The molecule has 3 saturated carbocycles. The highest BCUT2D eigenvalue weighted by atomic mass is 32.3. The summed E-state index contributed by atoms with van der Waals surface area (Å²) in [6.07, 6.45) is -44.2. The quantitative estimate of drug-likeness (QED) is 0.0500. The molecule has 30 heteroatoms. The Balaban J connectivity index is 0.999. The highest BCUT2D eigenvalue weighted by Crippen LogP contribution is 2.67. The van der Waals surface area contributed by atoms with E-state index in [0.29, 0.717) is 12.8 Å². The van der Waals surface area contributed by atoms with Crippen LogP contribution in [0.4, 0.5) is 0 Å². The fraction of sp³-hybridized carbons (Fsp3) is 0.946. The summed E-state index contributed by atoms with van der Waals surface area (Å²) < 4.78 is 99.7. The van der Waals surface area contributed by atoms with Crippen molar-refractivity contribution in [2.75, 3.05) is 0 Å². The average Bonchev–Trinajstić information content (AvgIpc) is 1.33. The van der Waals surface area contributed by atoms with Crippen molar-refractivity contribution in [3.8, 4) is 0 Å². The van der Waals surface area contributed by atoms with Gasteiger partial charge in [0.2, 0.25) is 0 Å². The van der Waals surface area contributed by atoms with E-state index in [2.05, 4.69) is 0 Å². The molecule has 0 aromatic heterocycles. The third-order valence-electron chi connectivity index (χ3n) is 20.4. The molecule has 15 N–H and O–H groups in total. The van der Waals surface area contributed by atoms with Crippen molar-refractivity contribution in [2.45, 2.75) is 291 Å². The Morgan fingerprint density at radius 2 is 1.08 bits per heavy atom. The van der Waals surface area contributed by atoms with Crippen LogP contribution in [-0.2, 0) is 66.7 Å². The highest BCUT2D eigenvalue weighted by molar-refractivity contribution is 7.80. The Morgan fingerprint density at radius 1 is 0.593 bits per heavy atom. The Bertz CT molecular complexity index is 2480. The van der Waals surface area contributed by atoms with Crippen molar-refractivity contribution in [1.82, 2.24) is 0 Å². The Labute approximate surface area is 498 Å². The largest absolute Gasteiger partial charge is 0.397 e. The number of fused-ring (bicyclic) bond motifs is 5. The Morgan fingerprint density at radius 3 is 1.64 bits per heavy atom. The third-order valence-corrected chi connectivity index (χ3v) is 21.0. The van der Waals surface area contributed by atoms with Gasteiger partial charge < -0.3 is 119 Å². The first kappa shape index (κ1) is 68.7. The number of carbonyl (C=O) groups excluding carboxylic acids is 1. The highest BCUT2D eigenvalue weighted by Gasteiger charge is 2.66. The molecule has 0 amide bonds. The van der Waals surface area contributed by atoms with Gasteiger partial charge in [0.15, 0.2) is 37.7 Å². The van der Waals surface area contributed by atoms with Gasteiger partial charge in [-0.1, -0.05) is 39.3 Å². The number of hydrogen-bond acceptors (Lipinski definition) is 28. The molecule has 35 atom stereocenters. The molecule has 29 nitrogen and oxygen atoms in total. The molecular formula is C56H92O29S. The summed E-state index contributed by atoms with van der Waals surface area (Å²) in [5.41, 5.74) is -2.41. The SMILES string of the molecule is CC(C)CC(=O)C[C@](C)(O)[C@H]1CCC2C3C[C@H](O[C@@H]4O[C@H](C)[C@@H](O)[C@H](O[C@@H]5O[C@H](O)[C@@H](O[C@@H]6O[C@H](C)[C@H](O)[C@H](O)[C@H]6O[C@@H]6O[C@H](C)[C@H](O)[C@H](O)[C@H]6O)[C@H](O)[C@H]5O[C@@H]5O[C@H](C)[C@@H](O)[C@H](O)[C@H]5O)[C@H]4O)C4C[C@@H](OS(=O)(=O)O)CC[C@]4(C)C3=C[C@H](O)[C@@]21C. The normalized spacial score (nSPS) is 52.5. The molecule has 86 heavy (non-hydrogen) atoms. The molecule has 0 bridgehead atoms. The second-order valence-electron chi connectivity index (χ2n) is 26.8.